The predicted molar refractivity (Wildman–Crippen MR) is 61.1 cm³/mol. The van der Waals surface area contributed by atoms with E-state index in [1.54, 1.807) is 0 Å². The third-order valence-electron chi connectivity index (χ3n) is 1.63. The lowest BCUT2D eigenvalue weighted by Crippen LogP contribution is -1.76. The van der Waals surface area contributed by atoms with E-state index in [1.807, 2.05) is 27.0 Å². The normalized spacial score (nSPS) is 9.62. The summed E-state index contributed by atoms with van der Waals surface area (Å²) in [5.41, 5.74) is 3.57. The van der Waals surface area contributed by atoms with Gasteiger partial charge in [-0.05, 0) is 38.0 Å². The lowest BCUT2D eigenvalue weighted by Gasteiger charge is -1.99. The van der Waals surface area contributed by atoms with Crippen LogP contribution in [-0.2, 0) is 0 Å². The molecule has 0 heterocycles. The first-order valence-corrected chi connectivity index (χ1v) is 4.80. The maximum atomic E-state index is 4.24. The second-order valence-electron chi connectivity index (χ2n) is 2.68. The molecule has 0 N–H and O–H groups in total. The van der Waals surface area contributed by atoms with E-state index < -0.39 is 0 Å². The van der Waals surface area contributed by atoms with Crippen molar-refractivity contribution in [3.05, 3.63) is 29.3 Å². The van der Waals surface area contributed by atoms with Crippen LogP contribution in [0.5, 0.6) is 0 Å². The maximum Gasteiger partial charge on any atom is 0.0657 e. The molecule has 0 saturated heterocycles. The molecule has 1 aromatic rings. The Labute approximate surface area is 81.5 Å². The largest absolute Gasteiger partial charge is 0.261 e. The fraction of sp³-hybridized carbons (Fsp3) is 0.417. The third-order valence-corrected chi connectivity index (χ3v) is 1.63. The van der Waals surface area contributed by atoms with Crippen LogP contribution in [0.3, 0.4) is 0 Å². The summed E-state index contributed by atoms with van der Waals surface area (Å²) in [7, 11) is 0. The summed E-state index contributed by atoms with van der Waals surface area (Å²) >= 11 is 0. The second kappa shape index (κ2) is 6.41. The Morgan fingerprint density at radius 2 is 1.77 bits per heavy atom. The average Bonchev–Trinajstić information content (AvgIpc) is 2.15. The van der Waals surface area contributed by atoms with Gasteiger partial charge in [0.1, 0.15) is 0 Å². The first kappa shape index (κ1) is 11.9. The number of nitrogens with zero attached hydrogens (tertiary/aromatic N) is 1. The van der Waals surface area contributed by atoms with E-state index in [0.717, 1.165) is 5.69 Å². The van der Waals surface area contributed by atoms with Crippen LogP contribution in [0.2, 0.25) is 0 Å². The number of hydrogen-bond donors (Lipinski definition) is 0. The molecule has 0 aromatic heterocycles. The van der Waals surface area contributed by atoms with Crippen molar-refractivity contribution in [1.29, 1.82) is 0 Å². The highest BCUT2D eigenvalue weighted by atomic mass is 14.7. The maximum absolute atomic E-state index is 4.24. The highest BCUT2D eigenvalue weighted by Gasteiger charge is 1.93. The molecule has 0 saturated carbocycles. The first-order chi connectivity index (χ1) is 6.24. The Bertz CT molecular complexity index is 274. The molecule has 0 atom stereocenters. The fourth-order valence-electron chi connectivity index (χ4n) is 0.998. The number of aliphatic imine (C=N–C) groups is 1. The number of aryl methyl sites for hydroxylation is 2. The van der Waals surface area contributed by atoms with E-state index in [4.69, 9.17) is 0 Å². The molecular weight excluding hydrogens is 158 g/mol. The van der Waals surface area contributed by atoms with E-state index in [9.17, 15) is 0 Å². The molecule has 1 nitrogen and oxygen atoms in total. The molecule has 13 heavy (non-hydrogen) atoms. The molecule has 0 aliphatic heterocycles. The van der Waals surface area contributed by atoms with Crippen LogP contribution in [0.1, 0.15) is 31.9 Å². The Morgan fingerprint density at radius 3 is 2.31 bits per heavy atom. The zero-order valence-electron chi connectivity index (χ0n) is 9.26. The smallest absolute Gasteiger partial charge is 0.0657 e. The summed E-state index contributed by atoms with van der Waals surface area (Å²) in [5, 5.41) is 0. The minimum atomic E-state index is 1.08. The molecule has 72 valence electrons. The summed E-state index contributed by atoms with van der Waals surface area (Å²) in [5.74, 6) is 0. The standard InChI is InChI=1S/C10H13N.C2H6/c1-4-11-10-7-8(2)5-6-9(10)3;1-2/h4-7H,1-3H3;1-2H3. The molecule has 0 aliphatic rings. The van der Waals surface area contributed by atoms with Crippen molar-refractivity contribution in [2.24, 2.45) is 4.99 Å². The highest BCUT2D eigenvalue weighted by molar-refractivity contribution is 5.62. The summed E-state index contributed by atoms with van der Waals surface area (Å²) < 4.78 is 0. The van der Waals surface area contributed by atoms with E-state index in [1.165, 1.54) is 11.1 Å². The van der Waals surface area contributed by atoms with Gasteiger partial charge in [0.05, 0.1) is 5.69 Å². The number of hydrogen-bond acceptors (Lipinski definition) is 1. The van der Waals surface area contributed by atoms with Gasteiger partial charge < -0.3 is 0 Å². The van der Waals surface area contributed by atoms with Crippen LogP contribution in [0, 0.1) is 13.8 Å². The molecule has 1 aromatic carbocycles. The van der Waals surface area contributed by atoms with Crippen LogP contribution >= 0.6 is 0 Å². The van der Waals surface area contributed by atoms with Gasteiger partial charge in [-0.2, -0.15) is 0 Å². The van der Waals surface area contributed by atoms with Gasteiger partial charge in [0, 0.05) is 6.21 Å². The van der Waals surface area contributed by atoms with Crippen LogP contribution in [-0.4, -0.2) is 6.21 Å². The Kier molecular flexibility index (Phi) is 5.86. The quantitative estimate of drug-likeness (QED) is 0.574. The van der Waals surface area contributed by atoms with Gasteiger partial charge in [0.25, 0.3) is 0 Å². The van der Waals surface area contributed by atoms with Crippen molar-refractivity contribution in [1.82, 2.24) is 0 Å². The SMILES string of the molecule is CC.CC=Nc1cc(C)ccc1C. The zero-order valence-corrected chi connectivity index (χ0v) is 9.26. The summed E-state index contributed by atoms with van der Waals surface area (Å²) in [6.07, 6.45) is 1.82. The highest BCUT2D eigenvalue weighted by Crippen LogP contribution is 2.18. The van der Waals surface area contributed by atoms with Gasteiger partial charge in [-0.3, -0.25) is 4.99 Å². The van der Waals surface area contributed by atoms with E-state index in [2.05, 4.69) is 37.0 Å². The third kappa shape index (κ3) is 3.88. The van der Waals surface area contributed by atoms with Gasteiger partial charge >= 0.3 is 0 Å². The van der Waals surface area contributed by atoms with Gasteiger partial charge in [0.15, 0.2) is 0 Å². The van der Waals surface area contributed by atoms with Crippen molar-refractivity contribution in [3.8, 4) is 0 Å². The number of benzene rings is 1. The summed E-state index contributed by atoms with van der Waals surface area (Å²) in [6, 6.07) is 6.29. The Morgan fingerprint density at radius 1 is 1.15 bits per heavy atom. The molecule has 0 fully saturated rings. The van der Waals surface area contributed by atoms with Gasteiger partial charge in [-0.1, -0.05) is 26.0 Å². The molecule has 1 rings (SSSR count). The molecule has 0 radical (unpaired) electrons. The van der Waals surface area contributed by atoms with Crippen molar-refractivity contribution < 1.29 is 0 Å². The van der Waals surface area contributed by atoms with Crippen molar-refractivity contribution >= 4 is 11.9 Å². The van der Waals surface area contributed by atoms with Crippen LogP contribution in [0.4, 0.5) is 5.69 Å². The van der Waals surface area contributed by atoms with Crippen molar-refractivity contribution in [2.45, 2.75) is 34.6 Å². The summed E-state index contributed by atoms with van der Waals surface area (Å²) in [4.78, 5) is 4.24. The number of rotatable bonds is 1. The lowest BCUT2D eigenvalue weighted by molar-refractivity contribution is 1.35. The van der Waals surface area contributed by atoms with E-state index in [-0.39, 0.29) is 0 Å². The van der Waals surface area contributed by atoms with Gasteiger partial charge in [-0.25, -0.2) is 0 Å². The van der Waals surface area contributed by atoms with Gasteiger partial charge in [-0.15, -0.1) is 0 Å². The molecular formula is C12H19N. The monoisotopic (exact) mass is 177 g/mol. The summed E-state index contributed by atoms with van der Waals surface area (Å²) in [6.45, 7) is 10.1. The molecule has 0 bridgehead atoms. The van der Waals surface area contributed by atoms with Crippen molar-refractivity contribution in [3.63, 3.8) is 0 Å². The topological polar surface area (TPSA) is 12.4 Å². The molecule has 0 unspecified atom stereocenters. The van der Waals surface area contributed by atoms with E-state index >= 15 is 0 Å². The molecule has 0 spiro atoms. The van der Waals surface area contributed by atoms with E-state index in [0.29, 0.717) is 0 Å². The molecule has 0 aliphatic carbocycles. The minimum absolute atomic E-state index is 1.08. The van der Waals surface area contributed by atoms with Crippen molar-refractivity contribution in [2.75, 3.05) is 0 Å². The second-order valence-corrected chi connectivity index (χ2v) is 2.68. The molecule has 1 heteroatoms. The minimum Gasteiger partial charge on any atom is -0.261 e. The lowest BCUT2D eigenvalue weighted by atomic mass is 10.1. The predicted octanol–water partition coefficient (Wildman–Crippen LogP) is 4.05. The van der Waals surface area contributed by atoms with Gasteiger partial charge in [0.2, 0.25) is 0 Å². The average molecular weight is 177 g/mol. The van der Waals surface area contributed by atoms with Crippen LogP contribution < -0.4 is 0 Å². The van der Waals surface area contributed by atoms with Crippen LogP contribution in [0.15, 0.2) is 23.2 Å². The van der Waals surface area contributed by atoms with Crippen LogP contribution in [0.25, 0.3) is 0 Å². The zero-order chi connectivity index (χ0) is 10.3. The fourth-order valence-corrected chi connectivity index (χ4v) is 0.998. The Balaban J connectivity index is 0.000000671. The Hall–Kier alpha value is -1.11. The molecule has 0 amide bonds. The first-order valence-electron chi connectivity index (χ1n) is 4.80.